The predicted molar refractivity (Wildman–Crippen MR) is 124 cm³/mol. The summed E-state index contributed by atoms with van der Waals surface area (Å²) < 4.78 is 5.80. The number of benzene rings is 3. The van der Waals surface area contributed by atoms with Gasteiger partial charge in [0.25, 0.3) is 5.91 Å². The summed E-state index contributed by atoms with van der Waals surface area (Å²) in [6, 6.07) is 25.4. The van der Waals surface area contributed by atoms with E-state index in [0.29, 0.717) is 12.2 Å². The lowest BCUT2D eigenvalue weighted by atomic mass is 10.1. The first-order valence-corrected chi connectivity index (χ1v) is 10.7. The van der Waals surface area contributed by atoms with Crippen LogP contribution in [0.15, 0.2) is 78.9 Å². The van der Waals surface area contributed by atoms with Crippen LogP contribution in [0.5, 0.6) is 5.75 Å². The fourth-order valence-corrected chi connectivity index (χ4v) is 3.66. The third-order valence-electron chi connectivity index (χ3n) is 5.55. The van der Waals surface area contributed by atoms with Crippen LogP contribution in [0, 0.1) is 0 Å². The molecule has 31 heavy (non-hydrogen) atoms. The van der Waals surface area contributed by atoms with Crippen molar-refractivity contribution < 1.29 is 9.53 Å². The second-order valence-electron chi connectivity index (χ2n) is 8.03. The maximum Gasteiger partial charge on any atom is 0.255 e. The van der Waals surface area contributed by atoms with Gasteiger partial charge in [-0.2, -0.15) is 0 Å². The Morgan fingerprint density at radius 1 is 0.871 bits per heavy atom. The first kappa shape index (κ1) is 21.1. The number of piperazine rings is 1. The Hall–Kier alpha value is -3.15. The van der Waals surface area contributed by atoms with Crippen LogP contribution >= 0.6 is 0 Å². The molecule has 160 valence electrons. The number of rotatable bonds is 7. The predicted octanol–water partition coefficient (Wildman–Crippen LogP) is 4.27. The van der Waals surface area contributed by atoms with Gasteiger partial charge in [-0.05, 0) is 54.6 Å². The zero-order valence-corrected chi connectivity index (χ0v) is 18.0. The number of hydrogen-bond donors (Lipinski definition) is 1. The Bertz CT molecular complexity index is 981. The average Bonchev–Trinajstić information content (AvgIpc) is 2.80. The van der Waals surface area contributed by atoms with E-state index in [1.54, 1.807) is 12.1 Å². The number of nitrogens with zero attached hydrogens (tertiary/aromatic N) is 2. The third kappa shape index (κ3) is 6.17. The van der Waals surface area contributed by atoms with Crippen LogP contribution in [-0.4, -0.2) is 48.9 Å². The molecule has 1 heterocycles. The molecule has 0 saturated carbocycles. The molecule has 1 aliphatic heterocycles. The van der Waals surface area contributed by atoms with E-state index >= 15 is 0 Å². The van der Waals surface area contributed by atoms with Gasteiger partial charge in [0.1, 0.15) is 12.4 Å². The summed E-state index contributed by atoms with van der Waals surface area (Å²) in [5.74, 6) is 0.626. The number of likely N-dealkylation sites (N-methyl/N-ethyl adjacent to an activating group) is 1. The fourth-order valence-electron chi connectivity index (χ4n) is 3.66. The highest BCUT2D eigenvalue weighted by atomic mass is 16.5. The van der Waals surface area contributed by atoms with Gasteiger partial charge in [-0.15, -0.1) is 0 Å². The van der Waals surface area contributed by atoms with Crippen LogP contribution in [0.4, 0.5) is 5.69 Å². The summed E-state index contributed by atoms with van der Waals surface area (Å²) in [6.45, 7) is 5.76. The van der Waals surface area contributed by atoms with Crippen molar-refractivity contribution >= 4 is 11.6 Å². The Balaban J connectivity index is 1.31. The van der Waals surface area contributed by atoms with E-state index in [4.69, 9.17) is 4.74 Å². The molecule has 1 amide bonds. The smallest absolute Gasteiger partial charge is 0.255 e. The zero-order chi connectivity index (χ0) is 21.5. The summed E-state index contributed by atoms with van der Waals surface area (Å²) in [6.07, 6.45) is 0. The average molecular weight is 416 g/mol. The van der Waals surface area contributed by atoms with Gasteiger partial charge in [0.2, 0.25) is 0 Å². The number of carbonyl (C=O) groups excluding carboxylic acids is 1. The van der Waals surface area contributed by atoms with Gasteiger partial charge in [-0.25, -0.2) is 0 Å². The molecule has 5 heteroatoms. The molecule has 0 atom stereocenters. The molecule has 1 aliphatic rings. The second-order valence-corrected chi connectivity index (χ2v) is 8.03. The second kappa shape index (κ2) is 10.2. The highest BCUT2D eigenvalue weighted by molar-refractivity contribution is 6.04. The number of hydrogen-bond acceptors (Lipinski definition) is 4. The van der Waals surface area contributed by atoms with E-state index in [2.05, 4.69) is 34.3 Å². The maximum absolute atomic E-state index is 12.7. The fraction of sp³-hybridized carbons (Fsp3) is 0.269. The van der Waals surface area contributed by atoms with Crippen LogP contribution in [-0.2, 0) is 13.2 Å². The van der Waals surface area contributed by atoms with Gasteiger partial charge in [0.15, 0.2) is 0 Å². The van der Waals surface area contributed by atoms with Crippen molar-refractivity contribution in [3.05, 3.63) is 95.6 Å². The van der Waals surface area contributed by atoms with Crippen molar-refractivity contribution in [1.82, 2.24) is 9.80 Å². The van der Waals surface area contributed by atoms with Crippen molar-refractivity contribution in [3.63, 3.8) is 0 Å². The first-order chi connectivity index (χ1) is 15.2. The summed E-state index contributed by atoms with van der Waals surface area (Å²) in [7, 11) is 2.16. The molecule has 0 spiro atoms. The molecule has 0 unspecified atom stereocenters. The third-order valence-corrected chi connectivity index (χ3v) is 5.55. The molecule has 1 N–H and O–H groups in total. The molecule has 0 radical (unpaired) electrons. The van der Waals surface area contributed by atoms with Crippen molar-refractivity contribution in [1.29, 1.82) is 0 Å². The van der Waals surface area contributed by atoms with E-state index < -0.39 is 0 Å². The lowest BCUT2D eigenvalue weighted by Crippen LogP contribution is -2.43. The van der Waals surface area contributed by atoms with Gasteiger partial charge in [0.05, 0.1) is 0 Å². The van der Waals surface area contributed by atoms with Gasteiger partial charge >= 0.3 is 0 Å². The molecule has 3 aromatic rings. The Labute approximate surface area is 184 Å². The Morgan fingerprint density at radius 3 is 2.32 bits per heavy atom. The van der Waals surface area contributed by atoms with Crippen LogP contribution < -0.4 is 10.1 Å². The van der Waals surface area contributed by atoms with Crippen molar-refractivity contribution in [3.8, 4) is 5.75 Å². The molecule has 0 aromatic heterocycles. The Kier molecular flexibility index (Phi) is 6.97. The van der Waals surface area contributed by atoms with Gasteiger partial charge in [-0.1, -0.05) is 42.5 Å². The Morgan fingerprint density at radius 2 is 1.58 bits per heavy atom. The minimum absolute atomic E-state index is 0.119. The SMILES string of the molecule is CN1CCN(Cc2cccc(NC(=O)c3ccc(OCc4ccccc4)cc3)c2)CC1. The minimum atomic E-state index is -0.119. The van der Waals surface area contributed by atoms with Crippen LogP contribution in [0.1, 0.15) is 21.5 Å². The zero-order valence-electron chi connectivity index (χ0n) is 18.0. The maximum atomic E-state index is 12.7. The topological polar surface area (TPSA) is 44.8 Å². The van der Waals surface area contributed by atoms with Crippen molar-refractivity contribution in [2.45, 2.75) is 13.2 Å². The standard InChI is InChI=1S/C26H29N3O2/c1-28-14-16-29(17-15-28)19-22-8-5-9-24(18-22)27-26(30)23-10-12-25(13-11-23)31-20-21-6-3-2-4-7-21/h2-13,18H,14-17,19-20H2,1H3,(H,27,30). The van der Waals surface area contributed by atoms with Crippen molar-refractivity contribution in [2.75, 3.05) is 38.5 Å². The summed E-state index contributed by atoms with van der Waals surface area (Å²) in [5.41, 5.74) is 3.75. The largest absolute Gasteiger partial charge is 0.489 e. The van der Waals surface area contributed by atoms with E-state index in [1.165, 1.54) is 5.56 Å². The summed E-state index contributed by atoms with van der Waals surface area (Å²) >= 11 is 0. The molecule has 4 rings (SSSR count). The highest BCUT2D eigenvalue weighted by Gasteiger charge is 2.14. The minimum Gasteiger partial charge on any atom is -0.489 e. The molecular formula is C26H29N3O2. The molecule has 3 aromatic carbocycles. The summed E-state index contributed by atoms with van der Waals surface area (Å²) in [5, 5.41) is 3.01. The molecule has 5 nitrogen and oxygen atoms in total. The monoisotopic (exact) mass is 415 g/mol. The molecule has 0 bridgehead atoms. The van der Waals surface area contributed by atoms with Gasteiger partial charge < -0.3 is 15.0 Å². The van der Waals surface area contributed by atoms with Crippen molar-refractivity contribution in [2.24, 2.45) is 0 Å². The summed E-state index contributed by atoms with van der Waals surface area (Å²) in [4.78, 5) is 17.5. The van der Waals surface area contributed by atoms with E-state index in [0.717, 1.165) is 49.7 Å². The lowest BCUT2D eigenvalue weighted by Gasteiger charge is -2.32. The number of anilines is 1. The van der Waals surface area contributed by atoms with E-state index in [9.17, 15) is 4.79 Å². The first-order valence-electron chi connectivity index (χ1n) is 10.7. The molecule has 1 saturated heterocycles. The van der Waals surface area contributed by atoms with E-state index in [1.807, 2.05) is 54.6 Å². The lowest BCUT2D eigenvalue weighted by molar-refractivity contribution is 0.102. The van der Waals surface area contributed by atoms with Crippen LogP contribution in [0.25, 0.3) is 0 Å². The number of nitrogens with one attached hydrogen (secondary N) is 1. The van der Waals surface area contributed by atoms with Gasteiger partial charge in [-0.3, -0.25) is 9.69 Å². The normalized spacial score (nSPS) is 14.9. The van der Waals surface area contributed by atoms with Gasteiger partial charge in [0, 0.05) is 44.0 Å². The molecular weight excluding hydrogens is 386 g/mol. The van der Waals surface area contributed by atoms with Crippen LogP contribution in [0.3, 0.4) is 0 Å². The quantitative estimate of drug-likeness (QED) is 0.626. The number of carbonyl (C=O) groups is 1. The number of amides is 1. The van der Waals surface area contributed by atoms with Crippen LogP contribution in [0.2, 0.25) is 0 Å². The highest BCUT2D eigenvalue weighted by Crippen LogP contribution is 2.17. The van der Waals surface area contributed by atoms with E-state index in [-0.39, 0.29) is 5.91 Å². The number of ether oxygens (including phenoxy) is 1. The molecule has 0 aliphatic carbocycles. The molecule has 1 fully saturated rings.